The predicted octanol–water partition coefficient (Wildman–Crippen LogP) is 5.07. The molecule has 1 aliphatic heterocycles. The van der Waals surface area contributed by atoms with Gasteiger partial charge in [-0.3, -0.25) is 14.5 Å². The van der Waals surface area contributed by atoms with Crippen LogP contribution in [0.4, 0.5) is 5.69 Å². The lowest BCUT2D eigenvalue weighted by Crippen LogP contribution is -2.40. The Kier molecular flexibility index (Phi) is 7.45. The highest BCUT2D eigenvalue weighted by Crippen LogP contribution is 2.23. The number of rotatable bonds is 7. The van der Waals surface area contributed by atoms with E-state index in [1.807, 2.05) is 24.3 Å². The number of nitrogens with one attached hydrogen (secondary N) is 1. The first-order chi connectivity index (χ1) is 13.9. The number of Topliss-reactive ketones (excluding diaryl/α,β-unsaturated/α-hetero) is 1. The van der Waals surface area contributed by atoms with Crippen molar-refractivity contribution in [2.75, 3.05) is 25.0 Å². The van der Waals surface area contributed by atoms with Crippen LogP contribution in [0.25, 0.3) is 0 Å². The molecule has 0 bridgehead atoms. The SMILES string of the molecule is CC(C)Cc1ccc(C(=O)C2CCN(CC(=O)Nc3ccccc3Cl)CC2)cc1. The van der Waals surface area contributed by atoms with Gasteiger partial charge in [-0.2, -0.15) is 0 Å². The van der Waals surface area contributed by atoms with Crippen molar-refractivity contribution in [2.45, 2.75) is 33.1 Å². The van der Waals surface area contributed by atoms with Crippen LogP contribution in [-0.2, 0) is 11.2 Å². The van der Waals surface area contributed by atoms with E-state index in [0.29, 0.717) is 23.2 Å². The molecule has 1 amide bonds. The Morgan fingerprint density at radius 1 is 1.07 bits per heavy atom. The summed E-state index contributed by atoms with van der Waals surface area (Å²) in [6.07, 6.45) is 2.60. The first kappa shape index (κ1) is 21.5. The molecule has 2 aromatic rings. The molecular weight excluding hydrogens is 384 g/mol. The van der Waals surface area contributed by atoms with Crippen molar-refractivity contribution in [1.29, 1.82) is 0 Å². The average Bonchev–Trinajstić information content (AvgIpc) is 2.70. The Morgan fingerprint density at radius 3 is 2.34 bits per heavy atom. The van der Waals surface area contributed by atoms with Crippen molar-refractivity contribution in [3.05, 3.63) is 64.7 Å². The Bertz CT molecular complexity index is 840. The number of amides is 1. The molecule has 1 N–H and O–H groups in total. The number of carbonyl (C=O) groups is 2. The molecule has 0 unspecified atom stereocenters. The van der Waals surface area contributed by atoms with E-state index >= 15 is 0 Å². The number of halogens is 1. The van der Waals surface area contributed by atoms with Crippen LogP contribution in [0.3, 0.4) is 0 Å². The van der Waals surface area contributed by atoms with Gasteiger partial charge in [-0.15, -0.1) is 0 Å². The summed E-state index contributed by atoms with van der Waals surface area (Å²) in [6, 6.07) is 15.3. The second kappa shape index (κ2) is 10.0. The molecule has 0 aliphatic carbocycles. The van der Waals surface area contributed by atoms with Gasteiger partial charge in [0.25, 0.3) is 0 Å². The van der Waals surface area contributed by atoms with Gasteiger partial charge in [0.05, 0.1) is 17.3 Å². The number of hydrogen-bond acceptors (Lipinski definition) is 3. The van der Waals surface area contributed by atoms with Gasteiger partial charge in [0.2, 0.25) is 5.91 Å². The van der Waals surface area contributed by atoms with E-state index in [2.05, 4.69) is 36.2 Å². The van der Waals surface area contributed by atoms with Crippen LogP contribution < -0.4 is 5.32 Å². The summed E-state index contributed by atoms with van der Waals surface area (Å²) in [5.41, 5.74) is 2.70. The number of ketones is 1. The molecule has 5 heteroatoms. The van der Waals surface area contributed by atoms with Crippen LogP contribution in [0.2, 0.25) is 5.02 Å². The van der Waals surface area contributed by atoms with Crippen molar-refractivity contribution in [3.8, 4) is 0 Å². The third kappa shape index (κ3) is 6.15. The van der Waals surface area contributed by atoms with E-state index in [0.717, 1.165) is 37.9 Å². The molecule has 0 spiro atoms. The normalized spacial score (nSPS) is 15.4. The topological polar surface area (TPSA) is 49.4 Å². The fourth-order valence-corrected chi connectivity index (χ4v) is 4.00. The largest absolute Gasteiger partial charge is 0.324 e. The van der Waals surface area contributed by atoms with Crippen LogP contribution in [0.15, 0.2) is 48.5 Å². The van der Waals surface area contributed by atoms with Gasteiger partial charge in [-0.1, -0.05) is 61.8 Å². The van der Waals surface area contributed by atoms with Gasteiger partial charge in [-0.05, 0) is 56.0 Å². The second-order valence-corrected chi connectivity index (χ2v) is 8.64. The molecule has 1 heterocycles. The Balaban J connectivity index is 1.48. The second-order valence-electron chi connectivity index (χ2n) is 8.24. The van der Waals surface area contributed by atoms with Gasteiger partial charge in [-0.25, -0.2) is 0 Å². The molecular formula is C24H29ClN2O2. The standard InChI is InChI=1S/C24H29ClN2O2/c1-17(2)15-18-7-9-19(10-8-18)24(29)20-11-13-27(14-12-20)16-23(28)26-22-6-4-3-5-21(22)25/h3-10,17,20H,11-16H2,1-2H3,(H,26,28). The molecule has 2 aromatic carbocycles. The highest BCUT2D eigenvalue weighted by atomic mass is 35.5. The van der Waals surface area contributed by atoms with Crippen LogP contribution in [0.5, 0.6) is 0 Å². The lowest BCUT2D eigenvalue weighted by Gasteiger charge is -2.30. The van der Waals surface area contributed by atoms with E-state index in [1.165, 1.54) is 5.56 Å². The zero-order valence-corrected chi connectivity index (χ0v) is 17.9. The smallest absolute Gasteiger partial charge is 0.238 e. The minimum Gasteiger partial charge on any atom is -0.324 e. The number of benzene rings is 2. The molecule has 1 saturated heterocycles. The summed E-state index contributed by atoms with van der Waals surface area (Å²) in [4.78, 5) is 27.2. The summed E-state index contributed by atoms with van der Waals surface area (Å²) in [5.74, 6) is 0.787. The number of likely N-dealkylation sites (tertiary alicyclic amines) is 1. The van der Waals surface area contributed by atoms with Gasteiger partial charge in [0.1, 0.15) is 0 Å². The summed E-state index contributed by atoms with van der Waals surface area (Å²) < 4.78 is 0. The summed E-state index contributed by atoms with van der Waals surface area (Å²) in [6.45, 7) is 6.20. The lowest BCUT2D eigenvalue weighted by atomic mass is 9.88. The molecule has 1 fully saturated rings. The fraction of sp³-hybridized carbons (Fsp3) is 0.417. The van der Waals surface area contributed by atoms with Crippen LogP contribution >= 0.6 is 11.6 Å². The van der Waals surface area contributed by atoms with Crippen LogP contribution in [-0.4, -0.2) is 36.2 Å². The Labute approximate surface area is 178 Å². The highest BCUT2D eigenvalue weighted by molar-refractivity contribution is 6.33. The third-order valence-electron chi connectivity index (χ3n) is 5.36. The number of piperidine rings is 1. The first-order valence-corrected chi connectivity index (χ1v) is 10.7. The van der Waals surface area contributed by atoms with Crippen molar-refractivity contribution in [1.82, 2.24) is 4.90 Å². The maximum atomic E-state index is 12.8. The predicted molar refractivity (Wildman–Crippen MR) is 119 cm³/mol. The van der Waals surface area contributed by atoms with Crippen LogP contribution in [0.1, 0.15) is 42.6 Å². The average molecular weight is 413 g/mol. The number of para-hydroxylation sites is 1. The summed E-state index contributed by atoms with van der Waals surface area (Å²) in [5, 5.41) is 3.39. The van der Waals surface area contributed by atoms with Crippen molar-refractivity contribution in [2.24, 2.45) is 11.8 Å². The fourth-order valence-electron chi connectivity index (χ4n) is 3.82. The monoisotopic (exact) mass is 412 g/mol. The maximum absolute atomic E-state index is 12.8. The molecule has 154 valence electrons. The van der Waals surface area contributed by atoms with Gasteiger partial charge >= 0.3 is 0 Å². The van der Waals surface area contributed by atoms with E-state index in [-0.39, 0.29) is 17.6 Å². The Hall–Kier alpha value is -2.17. The van der Waals surface area contributed by atoms with Gasteiger partial charge < -0.3 is 5.32 Å². The molecule has 1 aliphatic rings. The molecule has 0 aromatic heterocycles. The molecule has 3 rings (SSSR count). The molecule has 0 saturated carbocycles. The quantitative estimate of drug-likeness (QED) is 0.645. The maximum Gasteiger partial charge on any atom is 0.238 e. The minimum atomic E-state index is -0.0800. The lowest BCUT2D eigenvalue weighted by molar-refractivity contribution is -0.117. The Morgan fingerprint density at radius 2 is 1.72 bits per heavy atom. The summed E-state index contributed by atoms with van der Waals surface area (Å²) in [7, 11) is 0. The van der Waals surface area contributed by atoms with Gasteiger partial charge in [0, 0.05) is 11.5 Å². The van der Waals surface area contributed by atoms with E-state index in [4.69, 9.17) is 11.6 Å². The molecule has 29 heavy (non-hydrogen) atoms. The van der Waals surface area contributed by atoms with Crippen molar-refractivity contribution >= 4 is 29.0 Å². The molecule has 4 nitrogen and oxygen atoms in total. The molecule has 0 radical (unpaired) electrons. The number of anilines is 1. The van der Waals surface area contributed by atoms with E-state index in [9.17, 15) is 9.59 Å². The van der Waals surface area contributed by atoms with Crippen LogP contribution in [0, 0.1) is 11.8 Å². The zero-order chi connectivity index (χ0) is 20.8. The minimum absolute atomic E-state index is 0.0360. The van der Waals surface area contributed by atoms with Crippen molar-refractivity contribution in [3.63, 3.8) is 0 Å². The highest BCUT2D eigenvalue weighted by Gasteiger charge is 2.26. The third-order valence-corrected chi connectivity index (χ3v) is 5.69. The van der Waals surface area contributed by atoms with Crippen molar-refractivity contribution < 1.29 is 9.59 Å². The number of hydrogen-bond donors (Lipinski definition) is 1. The molecule has 0 atom stereocenters. The summed E-state index contributed by atoms with van der Waals surface area (Å²) >= 11 is 6.09. The van der Waals surface area contributed by atoms with E-state index in [1.54, 1.807) is 12.1 Å². The van der Waals surface area contributed by atoms with E-state index < -0.39 is 0 Å². The van der Waals surface area contributed by atoms with Gasteiger partial charge in [0.15, 0.2) is 5.78 Å². The number of carbonyl (C=O) groups excluding carboxylic acids is 2. The zero-order valence-electron chi connectivity index (χ0n) is 17.2. The number of nitrogens with zero attached hydrogens (tertiary/aromatic N) is 1. The first-order valence-electron chi connectivity index (χ1n) is 10.3.